The zero-order valence-electron chi connectivity index (χ0n) is 15.8. The lowest BCUT2D eigenvalue weighted by molar-refractivity contribution is -0.0633. The number of rotatable bonds is 5. The highest BCUT2D eigenvalue weighted by molar-refractivity contribution is 5.75. The summed E-state index contributed by atoms with van der Waals surface area (Å²) in [5, 5.41) is 14.6. The number of aliphatic hydroxyl groups excluding tert-OH is 1. The van der Waals surface area contributed by atoms with Gasteiger partial charge in [0.15, 0.2) is 5.65 Å². The predicted molar refractivity (Wildman–Crippen MR) is 104 cm³/mol. The smallest absolute Gasteiger partial charge is 0.161 e. The van der Waals surface area contributed by atoms with Gasteiger partial charge in [0.2, 0.25) is 0 Å². The Bertz CT molecular complexity index is 939. The number of methoxy groups -OCH3 is 1. The molecule has 3 aromatic rings. The number of anilines is 1. The van der Waals surface area contributed by atoms with Crippen molar-refractivity contribution in [3.05, 3.63) is 65.1 Å². The van der Waals surface area contributed by atoms with Crippen molar-refractivity contribution >= 4 is 11.3 Å². The molecule has 4 rings (SSSR count). The minimum absolute atomic E-state index is 0.283. The molecule has 0 amide bonds. The molecule has 142 valence electrons. The zero-order valence-corrected chi connectivity index (χ0v) is 15.8. The Kier molecular flexibility index (Phi) is 4.86. The van der Waals surface area contributed by atoms with Crippen molar-refractivity contribution in [2.75, 3.05) is 25.6 Å². The molecule has 2 N–H and O–H groups in total. The number of ether oxygens (including phenoxy) is 2. The van der Waals surface area contributed by atoms with Gasteiger partial charge < -0.3 is 24.3 Å². The molecular formula is C21H25N3O3. The molecule has 1 aromatic carbocycles. The first kappa shape index (κ1) is 18.0. The summed E-state index contributed by atoms with van der Waals surface area (Å²) < 4.78 is 13.2. The second-order valence-corrected chi connectivity index (χ2v) is 6.93. The van der Waals surface area contributed by atoms with E-state index >= 15 is 0 Å². The highest BCUT2D eigenvalue weighted by atomic mass is 16.5. The Morgan fingerprint density at radius 1 is 1.15 bits per heavy atom. The molecule has 0 saturated carbocycles. The minimum Gasteiger partial charge on any atom is -0.388 e. The third-order valence-corrected chi connectivity index (χ3v) is 5.30. The summed E-state index contributed by atoms with van der Waals surface area (Å²) in [5.41, 5.74) is 5.80. The fourth-order valence-electron chi connectivity index (χ4n) is 3.73. The summed E-state index contributed by atoms with van der Waals surface area (Å²) in [6, 6.07) is 11.7. The van der Waals surface area contributed by atoms with Crippen LogP contribution in [0.25, 0.3) is 5.65 Å². The molecule has 0 bridgehead atoms. The Morgan fingerprint density at radius 3 is 2.67 bits per heavy atom. The van der Waals surface area contributed by atoms with Crippen molar-refractivity contribution in [1.82, 2.24) is 9.38 Å². The van der Waals surface area contributed by atoms with Gasteiger partial charge in [-0.2, -0.15) is 0 Å². The van der Waals surface area contributed by atoms with Crippen LogP contribution in [0.5, 0.6) is 0 Å². The molecule has 2 aromatic heterocycles. The van der Waals surface area contributed by atoms with Gasteiger partial charge in [0, 0.05) is 24.6 Å². The highest BCUT2D eigenvalue weighted by Crippen LogP contribution is 2.43. The van der Waals surface area contributed by atoms with Crippen LogP contribution < -0.4 is 5.32 Å². The molecule has 6 nitrogen and oxygen atoms in total. The lowest BCUT2D eigenvalue weighted by Crippen LogP contribution is -2.38. The van der Waals surface area contributed by atoms with Crippen molar-refractivity contribution in [2.24, 2.45) is 0 Å². The van der Waals surface area contributed by atoms with E-state index in [0.29, 0.717) is 13.2 Å². The van der Waals surface area contributed by atoms with Crippen LogP contribution in [0.1, 0.15) is 34.7 Å². The standard InChI is InChI=1S/C21H25N3O3/c1-13-14(2)24-10-9-16-18(21(24)22-13)23-17(15-7-5-4-6-8-15)19(25)20(16)27-12-11-26-3/h4-10,17,19-20,23,25H,11-12H2,1-3H3/t17-,19-,20+/m1/s1. The van der Waals surface area contributed by atoms with Crippen LogP contribution in [-0.2, 0) is 9.47 Å². The lowest BCUT2D eigenvalue weighted by atomic mass is 9.89. The largest absolute Gasteiger partial charge is 0.388 e. The van der Waals surface area contributed by atoms with E-state index in [1.54, 1.807) is 7.11 Å². The van der Waals surface area contributed by atoms with Crippen molar-refractivity contribution < 1.29 is 14.6 Å². The monoisotopic (exact) mass is 367 g/mol. The van der Waals surface area contributed by atoms with E-state index in [2.05, 4.69) is 16.6 Å². The van der Waals surface area contributed by atoms with E-state index in [-0.39, 0.29) is 6.04 Å². The number of nitrogens with one attached hydrogen (secondary N) is 1. The van der Waals surface area contributed by atoms with Crippen LogP contribution in [0.2, 0.25) is 0 Å². The first-order valence-corrected chi connectivity index (χ1v) is 9.20. The maximum absolute atomic E-state index is 11.1. The topological polar surface area (TPSA) is 68.0 Å². The van der Waals surface area contributed by atoms with Gasteiger partial charge in [-0.3, -0.25) is 0 Å². The van der Waals surface area contributed by atoms with Crippen molar-refractivity contribution in [3.8, 4) is 0 Å². The number of aliphatic hydroxyl groups is 1. The number of nitrogens with zero attached hydrogens (tertiary/aromatic N) is 2. The average Bonchev–Trinajstić information content (AvgIpc) is 2.98. The molecule has 0 aliphatic carbocycles. The van der Waals surface area contributed by atoms with Gasteiger partial charge in [-0.05, 0) is 25.5 Å². The summed E-state index contributed by atoms with van der Waals surface area (Å²) >= 11 is 0. The molecule has 6 heteroatoms. The van der Waals surface area contributed by atoms with Crippen LogP contribution in [0.15, 0.2) is 42.6 Å². The van der Waals surface area contributed by atoms with Gasteiger partial charge >= 0.3 is 0 Å². The van der Waals surface area contributed by atoms with E-state index < -0.39 is 12.2 Å². The van der Waals surface area contributed by atoms with Crippen LogP contribution in [0.4, 0.5) is 5.69 Å². The molecule has 1 aliphatic rings. The first-order valence-electron chi connectivity index (χ1n) is 9.20. The number of hydrogen-bond acceptors (Lipinski definition) is 5. The molecule has 0 spiro atoms. The molecule has 0 unspecified atom stereocenters. The summed E-state index contributed by atoms with van der Waals surface area (Å²) in [5.74, 6) is 0. The first-order chi connectivity index (χ1) is 13.1. The maximum Gasteiger partial charge on any atom is 0.161 e. The molecule has 27 heavy (non-hydrogen) atoms. The van der Waals surface area contributed by atoms with Gasteiger partial charge in [-0.25, -0.2) is 4.98 Å². The van der Waals surface area contributed by atoms with Gasteiger partial charge in [-0.15, -0.1) is 0 Å². The highest BCUT2D eigenvalue weighted by Gasteiger charge is 2.38. The molecular weight excluding hydrogens is 342 g/mol. The van der Waals surface area contributed by atoms with Crippen LogP contribution in [0, 0.1) is 13.8 Å². The number of imidazole rings is 1. The van der Waals surface area contributed by atoms with E-state index in [1.807, 2.05) is 49.5 Å². The molecule has 0 radical (unpaired) electrons. The van der Waals surface area contributed by atoms with Crippen molar-refractivity contribution in [1.29, 1.82) is 0 Å². The third kappa shape index (κ3) is 3.10. The summed E-state index contributed by atoms with van der Waals surface area (Å²) in [4.78, 5) is 4.75. The van der Waals surface area contributed by atoms with Crippen LogP contribution in [0.3, 0.4) is 0 Å². The Balaban J connectivity index is 1.82. The molecule has 1 aliphatic heterocycles. The van der Waals surface area contributed by atoms with E-state index in [4.69, 9.17) is 14.5 Å². The fraction of sp³-hybridized carbons (Fsp3) is 0.381. The van der Waals surface area contributed by atoms with Crippen LogP contribution in [-0.4, -0.2) is 40.9 Å². The lowest BCUT2D eigenvalue weighted by Gasteiger charge is -2.38. The number of hydrogen-bond donors (Lipinski definition) is 2. The van der Waals surface area contributed by atoms with Gasteiger partial charge in [0.25, 0.3) is 0 Å². The molecule has 3 heterocycles. The Morgan fingerprint density at radius 2 is 1.93 bits per heavy atom. The van der Waals surface area contributed by atoms with E-state index in [0.717, 1.165) is 33.8 Å². The second kappa shape index (κ2) is 7.31. The normalized spacial score (nSPS) is 21.9. The second-order valence-electron chi connectivity index (χ2n) is 6.93. The summed E-state index contributed by atoms with van der Waals surface area (Å²) in [7, 11) is 1.64. The number of aryl methyl sites for hydroxylation is 2. The van der Waals surface area contributed by atoms with Crippen molar-refractivity contribution in [2.45, 2.75) is 32.1 Å². The zero-order chi connectivity index (χ0) is 19.0. The molecule has 0 fully saturated rings. The quantitative estimate of drug-likeness (QED) is 0.678. The number of pyridine rings is 1. The molecule has 0 saturated heterocycles. The minimum atomic E-state index is -0.726. The number of benzene rings is 1. The van der Waals surface area contributed by atoms with Gasteiger partial charge in [0.1, 0.15) is 12.2 Å². The third-order valence-electron chi connectivity index (χ3n) is 5.30. The van der Waals surface area contributed by atoms with Gasteiger partial charge in [0.05, 0.1) is 30.6 Å². The summed E-state index contributed by atoms with van der Waals surface area (Å²) in [6.07, 6.45) is 0.813. The van der Waals surface area contributed by atoms with E-state index in [1.165, 1.54) is 0 Å². The maximum atomic E-state index is 11.1. The Labute approximate surface area is 158 Å². The Hall–Kier alpha value is -2.41. The van der Waals surface area contributed by atoms with Gasteiger partial charge in [-0.1, -0.05) is 30.3 Å². The SMILES string of the molecule is COCCO[C@H]1c2ccn3c(C)c(C)nc3c2N[C@H](c2ccccc2)[C@H]1O. The average molecular weight is 367 g/mol. The van der Waals surface area contributed by atoms with E-state index in [9.17, 15) is 5.11 Å². The number of aromatic nitrogens is 2. The number of fused-ring (bicyclic) bond motifs is 3. The predicted octanol–water partition coefficient (Wildman–Crippen LogP) is 3.18. The van der Waals surface area contributed by atoms with Crippen molar-refractivity contribution in [3.63, 3.8) is 0 Å². The summed E-state index contributed by atoms with van der Waals surface area (Å²) in [6.45, 7) is 4.96. The van der Waals surface area contributed by atoms with Crippen LogP contribution >= 0.6 is 0 Å². The fourth-order valence-corrected chi connectivity index (χ4v) is 3.73. The molecule has 3 atom stereocenters.